The molecule has 106 valence electrons. The summed E-state index contributed by atoms with van der Waals surface area (Å²) in [5.74, 6) is 3.09. The molecule has 0 bridgehead atoms. The molecule has 0 aromatic heterocycles. The van der Waals surface area contributed by atoms with Gasteiger partial charge < -0.3 is 0 Å². The molecule has 1 saturated heterocycles. The van der Waals surface area contributed by atoms with Crippen LogP contribution in [0.4, 0.5) is 0 Å². The van der Waals surface area contributed by atoms with Gasteiger partial charge in [0.1, 0.15) is 0 Å². The van der Waals surface area contributed by atoms with Crippen molar-refractivity contribution >= 4 is 11.8 Å². The van der Waals surface area contributed by atoms with Crippen LogP contribution in [-0.4, -0.2) is 28.5 Å². The predicted octanol–water partition coefficient (Wildman–Crippen LogP) is 4.70. The van der Waals surface area contributed by atoms with Gasteiger partial charge in [0.25, 0.3) is 0 Å². The lowest BCUT2D eigenvalue weighted by Gasteiger charge is -2.45. The minimum atomic E-state index is 0.246. The number of rotatable bonds is 2. The van der Waals surface area contributed by atoms with E-state index < -0.39 is 0 Å². The molecule has 1 unspecified atom stereocenters. The Hall–Kier alpha value is -0.470. The van der Waals surface area contributed by atoms with E-state index in [-0.39, 0.29) is 5.54 Å². The first-order chi connectivity index (χ1) is 8.91. The van der Waals surface area contributed by atoms with Gasteiger partial charge in [0.15, 0.2) is 0 Å². The Labute approximate surface area is 122 Å². The molecule has 1 atom stereocenters. The van der Waals surface area contributed by atoms with Gasteiger partial charge in [0.2, 0.25) is 0 Å². The fourth-order valence-electron chi connectivity index (χ4n) is 3.00. The maximum absolute atomic E-state index is 2.69. The van der Waals surface area contributed by atoms with E-state index in [1.54, 1.807) is 5.56 Å². The standard InChI is InChI=1S/C17H27NS/c1-13(2)14-8-6-7-9-15(14)16-12-19-11-10-18(16)17(3,4)5/h6-9,13,16H,10-12H2,1-5H3. The molecule has 1 nitrogen and oxygen atoms in total. The van der Waals surface area contributed by atoms with Crippen LogP contribution in [-0.2, 0) is 0 Å². The molecule has 1 aromatic carbocycles. The van der Waals surface area contributed by atoms with Crippen molar-refractivity contribution in [2.75, 3.05) is 18.1 Å². The third kappa shape index (κ3) is 3.35. The lowest BCUT2D eigenvalue weighted by atomic mass is 9.90. The average molecular weight is 277 g/mol. The van der Waals surface area contributed by atoms with E-state index in [0.29, 0.717) is 12.0 Å². The van der Waals surface area contributed by atoms with Crippen LogP contribution in [0.3, 0.4) is 0 Å². The number of nitrogens with zero attached hydrogens (tertiary/aromatic N) is 1. The van der Waals surface area contributed by atoms with Crippen LogP contribution in [0, 0.1) is 0 Å². The van der Waals surface area contributed by atoms with Crippen LogP contribution in [0.2, 0.25) is 0 Å². The van der Waals surface area contributed by atoms with Crippen LogP contribution in [0.25, 0.3) is 0 Å². The number of hydrogen-bond acceptors (Lipinski definition) is 2. The highest BCUT2D eigenvalue weighted by Gasteiger charge is 2.33. The van der Waals surface area contributed by atoms with Crippen LogP contribution in [0.15, 0.2) is 24.3 Å². The monoisotopic (exact) mass is 277 g/mol. The van der Waals surface area contributed by atoms with Gasteiger partial charge >= 0.3 is 0 Å². The molecule has 0 spiro atoms. The van der Waals surface area contributed by atoms with E-state index in [0.717, 1.165) is 0 Å². The first-order valence-corrected chi connectivity index (χ1v) is 8.50. The molecule has 0 radical (unpaired) electrons. The molecule has 1 aliphatic heterocycles. The van der Waals surface area contributed by atoms with E-state index in [9.17, 15) is 0 Å². The smallest absolute Gasteiger partial charge is 0.0446 e. The minimum absolute atomic E-state index is 0.246. The summed E-state index contributed by atoms with van der Waals surface area (Å²) >= 11 is 2.10. The summed E-state index contributed by atoms with van der Waals surface area (Å²) in [6.07, 6.45) is 0. The maximum atomic E-state index is 2.69. The molecule has 0 amide bonds. The van der Waals surface area contributed by atoms with Gasteiger partial charge in [-0.25, -0.2) is 0 Å². The van der Waals surface area contributed by atoms with Crippen molar-refractivity contribution in [3.05, 3.63) is 35.4 Å². The van der Waals surface area contributed by atoms with Gasteiger partial charge in [-0.05, 0) is 37.8 Å². The molecule has 2 heteroatoms. The highest BCUT2D eigenvalue weighted by Crippen LogP contribution is 2.37. The Bertz CT molecular complexity index is 420. The third-order valence-corrected chi connectivity index (χ3v) is 4.99. The second-order valence-electron chi connectivity index (χ2n) is 6.74. The molecule has 1 aromatic rings. The topological polar surface area (TPSA) is 3.24 Å². The van der Waals surface area contributed by atoms with Crippen molar-refractivity contribution in [1.82, 2.24) is 4.90 Å². The van der Waals surface area contributed by atoms with Gasteiger partial charge in [-0.15, -0.1) is 0 Å². The Morgan fingerprint density at radius 1 is 1.21 bits per heavy atom. The fourth-order valence-corrected chi connectivity index (χ4v) is 4.08. The van der Waals surface area contributed by atoms with Crippen LogP contribution < -0.4 is 0 Å². The molecular weight excluding hydrogens is 250 g/mol. The number of thioether (sulfide) groups is 1. The summed E-state index contributed by atoms with van der Waals surface area (Å²) in [6.45, 7) is 12.8. The minimum Gasteiger partial charge on any atom is -0.290 e. The second-order valence-corrected chi connectivity index (χ2v) is 7.89. The molecule has 19 heavy (non-hydrogen) atoms. The third-order valence-electron chi connectivity index (χ3n) is 3.97. The zero-order valence-electron chi connectivity index (χ0n) is 12.9. The van der Waals surface area contributed by atoms with E-state index in [2.05, 4.69) is 75.5 Å². The van der Waals surface area contributed by atoms with Crippen molar-refractivity contribution in [3.8, 4) is 0 Å². The van der Waals surface area contributed by atoms with Crippen LogP contribution in [0.1, 0.15) is 57.7 Å². The zero-order chi connectivity index (χ0) is 14.0. The highest BCUT2D eigenvalue weighted by molar-refractivity contribution is 7.99. The Kier molecular flexibility index (Phi) is 4.62. The lowest BCUT2D eigenvalue weighted by Crippen LogP contribution is -2.48. The molecule has 1 aliphatic rings. The van der Waals surface area contributed by atoms with Gasteiger partial charge in [-0.2, -0.15) is 11.8 Å². The molecule has 1 heterocycles. The number of hydrogen-bond donors (Lipinski definition) is 0. The first-order valence-electron chi connectivity index (χ1n) is 7.34. The van der Waals surface area contributed by atoms with E-state index in [1.807, 2.05) is 0 Å². The van der Waals surface area contributed by atoms with Gasteiger partial charge in [0.05, 0.1) is 0 Å². The summed E-state index contributed by atoms with van der Waals surface area (Å²) in [5, 5.41) is 0. The van der Waals surface area contributed by atoms with Crippen LogP contribution in [0.5, 0.6) is 0 Å². The molecular formula is C17H27NS. The highest BCUT2D eigenvalue weighted by atomic mass is 32.2. The summed E-state index contributed by atoms with van der Waals surface area (Å²) in [6, 6.07) is 9.58. The predicted molar refractivity (Wildman–Crippen MR) is 87.1 cm³/mol. The summed E-state index contributed by atoms with van der Waals surface area (Å²) < 4.78 is 0. The van der Waals surface area contributed by atoms with Crippen molar-refractivity contribution in [1.29, 1.82) is 0 Å². The Morgan fingerprint density at radius 3 is 2.53 bits per heavy atom. The largest absolute Gasteiger partial charge is 0.290 e. The van der Waals surface area contributed by atoms with Crippen molar-refractivity contribution in [2.24, 2.45) is 0 Å². The lowest BCUT2D eigenvalue weighted by molar-refractivity contribution is 0.0964. The number of benzene rings is 1. The SMILES string of the molecule is CC(C)c1ccccc1C1CSCCN1C(C)(C)C. The quantitative estimate of drug-likeness (QED) is 0.771. The molecule has 0 N–H and O–H groups in total. The Morgan fingerprint density at radius 2 is 1.89 bits per heavy atom. The van der Waals surface area contributed by atoms with Gasteiger partial charge in [-0.1, -0.05) is 38.1 Å². The van der Waals surface area contributed by atoms with Gasteiger partial charge in [-0.3, -0.25) is 4.90 Å². The molecule has 0 saturated carbocycles. The van der Waals surface area contributed by atoms with Gasteiger partial charge in [0, 0.05) is 29.6 Å². The van der Waals surface area contributed by atoms with E-state index in [1.165, 1.54) is 23.6 Å². The summed E-state index contributed by atoms with van der Waals surface area (Å²) in [5.41, 5.74) is 3.30. The first kappa shape index (κ1) is 14.9. The van der Waals surface area contributed by atoms with Crippen molar-refractivity contribution < 1.29 is 0 Å². The molecule has 2 rings (SSSR count). The second kappa shape index (κ2) is 5.88. The fraction of sp³-hybridized carbons (Fsp3) is 0.647. The zero-order valence-corrected chi connectivity index (χ0v) is 13.8. The molecule has 0 aliphatic carbocycles. The van der Waals surface area contributed by atoms with Crippen molar-refractivity contribution in [2.45, 2.75) is 52.1 Å². The van der Waals surface area contributed by atoms with Crippen molar-refractivity contribution in [3.63, 3.8) is 0 Å². The molecule has 1 fully saturated rings. The normalized spacial score (nSPS) is 21.9. The maximum Gasteiger partial charge on any atom is 0.0446 e. The van der Waals surface area contributed by atoms with E-state index in [4.69, 9.17) is 0 Å². The van der Waals surface area contributed by atoms with E-state index >= 15 is 0 Å². The Balaban J connectivity index is 2.38. The average Bonchev–Trinajstić information content (AvgIpc) is 2.37. The summed E-state index contributed by atoms with van der Waals surface area (Å²) in [7, 11) is 0. The van der Waals surface area contributed by atoms with Crippen LogP contribution >= 0.6 is 11.8 Å². The summed E-state index contributed by atoms with van der Waals surface area (Å²) in [4.78, 5) is 2.69.